The van der Waals surface area contributed by atoms with Gasteiger partial charge in [-0.25, -0.2) is 0 Å². The largest absolute Gasteiger partial charge is 0.378 e. The number of likely N-dealkylation sites (tertiary alicyclic amines) is 1. The third-order valence-electron chi connectivity index (χ3n) is 5.12. The lowest BCUT2D eigenvalue weighted by atomic mass is 9.88. The van der Waals surface area contributed by atoms with Crippen LogP contribution in [0.1, 0.15) is 24.8 Å². The zero-order chi connectivity index (χ0) is 14.8. The molecule has 0 N–H and O–H groups in total. The number of halogens is 1. The molecule has 5 heteroatoms. The Kier molecular flexibility index (Phi) is 5.80. The van der Waals surface area contributed by atoms with Gasteiger partial charge in [0, 0.05) is 38.7 Å². The summed E-state index contributed by atoms with van der Waals surface area (Å²) in [5.41, 5.74) is 1.37. The second kappa shape index (κ2) is 7.83. The van der Waals surface area contributed by atoms with Crippen LogP contribution in [-0.2, 0) is 11.3 Å². The van der Waals surface area contributed by atoms with Crippen molar-refractivity contribution in [3.05, 3.63) is 35.9 Å². The molecule has 2 saturated heterocycles. The van der Waals surface area contributed by atoms with Crippen LogP contribution in [0.3, 0.4) is 0 Å². The standard InChI is InChI=1S/C18H25N3O.HI/c1-2-5-15(6-3-1)13-21-11-9-19-18(21)20-10-8-17-16(14-20)7-4-12-22-17;/h1-3,5-6,16-17H,4,7-14H2;1H. The highest BCUT2D eigenvalue weighted by atomic mass is 127. The maximum atomic E-state index is 5.94. The minimum atomic E-state index is 0. The Labute approximate surface area is 155 Å². The first kappa shape index (κ1) is 17.0. The second-order valence-corrected chi connectivity index (χ2v) is 6.64. The molecule has 1 aromatic rings. The van der Waals surface area contributed by atoms with Crippen LogP contribution < -0.4 is 0 Å². The van der Waals surface area contributed by atoms with Gasteiger partial charge in [-0.15, -0.1) is 24.0 Å². The molecule has 126 valence electrons. The van der Waals surface area contributed by atoms with Gasteiger partial charge < -0.3 is 14.5 Å². The van der Waals surface area contributed by atoms with E-state index < -0.39 is 0 Å². The number of hydrogen-bond donors (Lipinski definition) is 0. The predicted octanol–water partition coefficient (Wildman–Crippen LogP) is 2.98. The van der Waals surface area contributed by atoms with E-state index in [4.69, 9.17) is 9.73 Å². The number of aliphatic imine (C=N–C) groups is 1. The monoisotopic (exact) mass is 427 g/mol. The van der Waals surface area contributed by atoms with E-state index in [2.05, 4.69) is 40.1 Å². The summed E-state index contributed by atoms with van der Waals surface area (Å²) in [4.78, 5) is 9.75. The Morgan fingerprint density at radius 1 is 1.13 bits per heavy atom. The first-order chi connectivity index (χ1) is 10.9. The van der Waals surface area contributed by atoms with E-state index in [9.17, 15) is 0 Å². The molecule has 0 saturated carbocycles. The van der Waals surface area contributed by atoms with Crippen LogP contribution in [0.25, 0.3) is 0 Å². The highest BCUT2D eigenvalue weighted by Crippen LogP contribution is 2.29. The van der Waals surface area contributed by atoms with E-state index in [1.54, 1.807) is 0 Å². The molecule has 4 rings (SSSR count). The van der Waals surface area contributed by atoms with Gasteiger partial charge in [-0.1, -0.05) is 30.3 Å². The smallest absolute Gasteiger partial charge is 0.197 e. The van der Waals surface area contributed by atoms with Gasteiger partial charge in [-0.2, -0.15) is 0 Å². The third-order valence-corrected chi connectivity index (χ3v) is 5.12. The van der Waals surface area contributed by atoms with Gasteiger partial charge in [0.25, 0.3) is 0 Å². The van der Waals surface area contributed by atoms with Crippen molar-refractivity contribution in [2.75, 3.05) is 32.8 Å². The van der Waals surface area contributed by atoms with Gasteiger partial charge in [0.2, 0.25) is 0 Å². The fraction of sp³-hybridized carbons (Fsp3) is 0.611. The Balaban J connectivity index is 0.00000156. The molecule has 0 bridgehead atoms. The van der Waals surface area contributed by atoms with Crippen molar-refractivity contribution in [3.63, 3.8) is 0 Å². The van der Waals surface area contributed by atoms with Crippen molar-refractivity contribution in [2.45, 2.75) is 31.9 Å². The molecule has 2 unspecified atom stereocenters. The molecule has 0 spiro atoms. The SMILES string of the molecule is I.c1ccc(CN2CCN=C2N2CCC3OCCCC3C2)cc1. The molecule has 0 amide bonds. The number of guanidine groups is 1. The second-order valence-electron chi connectivity index (χ2n) is 6.64. The van der Waals surface area contributed by atoms with Crippen LogP contribution in [-0.4, -0.2) is 54.6 Å². The summed E-state index contributed by atoms with van der Waals surface area (Å²) < 4.78 is 5.94. The number of rotatable bonds is 2. The highest BCUT2D eigenvalue weighted by molar-refractivity contribution is 14.0. The molecule has 2 fully saturated rings. The Morgan fingerprint density at radius 3 is 2.87 bits per heavy atom. The zero-order valence-corrected chi connectivity index (χ0v) is 15.9. The van der Waals surface area contributed by atoms with E-state index in [0.717, 1.165) is 45.8 Å². The van der Waals surface area contributed by atoms with E-state index in [0.29, 0.717) is 12.0 Å². The van der Waals surface area contributed by atoms with Crippen molar-refractivity contribution >= 4 is 29.9 Å². The molecule has 0 aliphatic carbocycles. The van der Waals surface area contributed by atoms with Crippen LogP contribution in [0.2, 0.25) is 0 Å². The van der Waals surface area contributed by atoms with Gasteiger partial charge in [0.05, 0.1) is 12.6 Å². The average Bonchev–Trinajstić information content (AvgIpc) is 3.03. The molecule has 1 aromatic carbocycles. The van der Waals surface area contributed by atoms with Gasteiger partial charge in [-0.3, -0.25) is 4.99 Å². The zero-order valence-electron chi connectivity index (χ0n) is 13.6. The molecule has 2 atom stereocenters. The fourth-order valence-electron chi connectivity index (χ4n) is 3.99. The highest BCUT2D eigenvalue weighted by Gasteiger charge is 2.35. The van der Waals surface area contributed by atoms with E-state index in [1.807, 2.05) is 0 Å². The Bertz CT molecular complexity index is 536. The van der Waals surface area contributed by atoms with Gasteiger partial charge in [0.15, 0.2) is 5.96 Å². The molecule has 4 nitrogen and oxygen atoms in total. The van der Waals surface area contributed by atoms with Crippen LogP contribution in [0.15, 0.2) is 35.3 Å². The van der Waals surface area contributed by atoms with Gasteiger partial charge in [-0.05, 0) is 24.8 Å². The first-order valence-corrected chi connectivity index (χ1v) is 8.60. The lowest BCUT2D eigenvalue weighted by molar-refractivity contribution is -0.0567. The molecule has 3 heterocycles. The minimum Gasteiger partial charge on any atom is -0.378 e. The lowest BCUT2D eigenvalue weighted by Gasteiger charge is -2.43. The summed E-state index contributed by atoms with van der Waals surface area (Å²) in [5, 5.41) is 0. The van der Waals surface area contributed by atoms with Crippen molar-refractivity contribution in [1.29, 1.82) is 0 Å². The minimum absolute atomic E-state index is 0. The third kappa shape index (κ3) is 3.82. The van der Waals surface area contributed by atoms with E-state index in [-0.39, 0.29) is 24.0 Å². The quantitative estimate of drug-likeness (QED) is 0.680. The Morgan fingerprint density at radius 2 is 2.00 bits per heavy atom. The number of nitrogens with zero attached hydrogens (tertiary/aromatic N) is 3. The predicted molar refractivity (Wildman–Crippen MR) is 103 cm³/mol. The number of hydrogen-bond acceptors (Lipinski definition) is 4. The average molecular weight is 427 g/mol. The number of ether oxygens (including phenoxy) is 1. The topological polar surface area (TPSA) is 28.1 Å². The van der Waals surface area contributed by atoms with Crippen molar-refractivity contribution in [1.82, 2.24) is 9.80 Å². The maximum absolute atomic E-state index is 5.94. The van der Waals surface area contributed by atoms with Crippen molar-refractivity contribution in [2.24, 2.45) is 10.9 Å². The van der Waals surface area contributed by atoms with Crippen molar-refractivity contribution < 1.29 is 4.74 Å². The summed E-state index contributed by atoms with van der Waals surface area (Å²) in [6.45, 7) is 6.12. The molecular formula is C18H26IN3O. The van der Waals surface area contributed by atoms with E-state index in [1.165, 1.54) is 24.4 Å². The maximum Gasteiger partial charge on any atom is 0.197 e. The number of benzene rings is 1. The van der Waals surface area contributed by atoms with Crippen molar-refractivity contribution in [3.8, 4) is 0 Å². The molecule has 0 aromatic heterocycles. The first-order valence-electron chi connectivity index (χ1n) is 8.60. The van der Waals surface area contributed by atoms with Crippen LogP contribution >= 0.6 is 24.0 Å². The molecule has 3 aliphatic heterocycles. The molecule has 23 heavy (non-hydrogen) atoms. The summed E-state index contributed by atoms with van der Waals surface area (Å²) >= 11 is 0. The van der Waals surface area contributed by atoms with Crippen LogP contribution in [0, 0.1) is 5.92 Å². The number of fused-ring (bicyclic) bond motifs is 1. The summed E-state index contributed by atoms with van der Waals surface area (Å²) in [6.07, 6.45) is 4.18. The summed E-state index contributed by atoms with van der Waals surface area (Å²) in [7, 11) is 0. The number of piperidine rings is 1. The fourth-order valence-corrected chi connectivity index (χ4v) is 3.99. The molecule has 0 radical (unpaired) electrons. The van der Waals surface area contributed by atoms with Gasteiger partial charge in [0.1, 0.15) is 0 Å². The molecular weight excluding hydrogens is 401 g/mol. The van der Waals surface area contributed by atoms with E-state index >= 15 is 0 Å². The van der Waals surface area contributed by atoms with Crippen LogP contribution in [0.4, 0.5) is 0 Å². The Hall–Kier alpha value is -0.820. The normalized spacial score (nSPS) is 27.2. The summed E-state index contributed by atoms with van der Waals surface area (Å²) in [6, 6.07) is 10.7. The van der Waals surface area contributed by atoms with Crippen LogP contribution in [0.5, 0.6) is 0 Å². The van der Waals surface area contributed by atoms with Gasteiger partial charge >= 0.3 is 0 Å². The lowest BCUT2D eigenvalue weighted by Crippen LogP contribution is -2.51. The molecule has 3 aliphatic rings. The summed E-state index contributed by atoms with van der Waals surface area (Å²) in [5.74, 6) is 1.91.